The standard InChI is InChI=1S/C15H24N2/c1-17(2)15-8-4-3-7-14(15)12-13-6-5-10-16-11-9-13/h3-4,7-8,13,16H,5-6,9-12H2,1-2H3. The highest BCUT2D eigenvalue weighted by atomic mass is 15.1. The third-order valence-electron chi connectivity index (χ3n) is 3.68. The highest BCUT2D eigenvalue weighted by Gasteiger charge is 2.14. The summed E-state index contributed by atoms with van der Waals surface area (Å²) in [6, 6.07) is 8.81. The molecule has 1 aliphatic rings. The SMILES string of the molecule is CN(C)c1ccccc1CC1CCCNCC1. The Morgan fingerprint density at radius 2 is 2.00 bits per heavy atom. The number of anilines is 1. The van der Waals surface area contributed by atoms with Crippen molar-refractivity contribution < 1.29 is 0 Å². The Kier molecular flexibility index (Phi) is 4.43. The van der Waals surface area contributed by atoms with Crippen molar-refractivity contribution in [1.29, 1.82) is 0 Å². The van der Waals surface area contributed by atoms with Gasteiger partial charge in [-0.2, -0.15) is 0 Å². The van der Waals surface area contributed by atoms with Crippen molar-refractivity contribution in [3.63, 3.8) is 0 Å². The van der Waals surface area contributed by atoms with Gasteiger partial charge in [-0.1, -0.05) is 18.2 Å². The molecule has 1 fully saturated rings. The van der Waals surface area contributed by atoms with Gasteiger partial charge in [-0.15, -0.1) is 0 Å². The summed E-state index contributed by atoms with van der Waals surface area (Å²) in [5.41, 5.74) is 2.88. The zero-order valence-electron chi connectivity index (χ0n) is 11.1. The number of nitrogens with one attached hydrogen (secondary N) is 1. The lowest BCUT2D eigenvalue weighted by molar-refractivity contribution is 0.470. The molecule has 1 aromatic carbocycles. The average Bonchev–Trinajstić information content (AvgIpc) is 2.58. The predicted molar refractivity (Wildman–Crippen MR) is 74.7 cm³/mol. The van der Waals surface area contributed by atoms with Crippen molar-refractivity contribution in [2.45, 2.75) is 25.7 Å². The van der Waals surface area contributed by atoms with Crippen LogP contribution in [0.15, 0.2) is 24.3 Å². The molecule has 0 amide bonds. The highest BCUT2D eigenvalue weighted by Crippen LogP contribution is 2.25. The highest BCUT2D eigenvalue weighted by molar-refractivity contribution is 5.52. The van der Waals surface area contributed by atoms with Crippen LogP contribution in [0.1, 0.15) is 24.8 Å². The average molecular weight is 232 g/mol. The molecule has 0 aliphatic carbocycles. The number of nitrogens with zero attached hydrogens (tertiary/aromatic N) is 1. The molecule has 1 heterocycles. The second-order valence-electron chi connectivity index (χ2n) is 5.27. The maximum Gasteiger partial charge on any atom is 0.0393 e. The third-order valence-corrected chi connectivity index (χ3v) is 3.68. The number of benzene rings is 1. The van der Waals surface area contributed by atoms with E-state index in [9.17, 15) is 0 Å². The van der Waals surface area contributed by atoms with Crippen LogP contribution in [0.5, 0.6) is 0 Å². The fraction of sp³-hybridized carbons (Fsp3) is 0.600. The van der Waals surface area contributed by atoms with Crippen LogP contribution in [0.25, 0.3) is 0 Å². The number of hydrogen-bond donors (Lipinski definition) is 1. The summed E-state index contributed by atoms with van der Waals surface area (Å²) in [7, 11) is 4.26. The van der Waals surface area contributed by atoms with E-state index in [4.69, 9.17) is 0 Å². The Morgan fingerprint density at radius 3 is 2.82 bits per heavy atom. The van der Waals surface area contributed by atoms with Gasteiger partial charge in [0.1, 0.15) is 0 Å². The second kappa shape index (κ2) is 6.06. The van der Waals surface area contributed by atoms with E-state index in [1.165, 1.54) is 50.0 Å². The van der Waals surface area contributed by atoms with E-state index >= 15 is 0 Å². The molecule has 1 saturated heterocycles. The third kappa shape index (κ3) is 3.47. The zero-order valence-corrected chi connectivity index (χ0v) is 11.1. The summed E-state index contributed by atoms with van der Waals surface area (Å²) in [6.45, 7) is 2.39. The van der Waals surface area contributed by atoms with Gasteiger partial charge in [-0.3, -0.25) is 0 Å². The Hall–Kier alpha value is -1.02. The maximum absolute atomic E-state index is 3.49. The van der Waals surface area contributed by atoms with E-state index in [1.54, 1.807) is 0 Å². The first kappa shape index (κ1) is 12.4. The van der Waals surface area contributed by atoms with Gasteiger partial charge in [-0.05, 0) is 56.3 Å². The van der Waals surface area contributed by atoms with Gasteiger partial charge >= 0.3 is 0 Å². The van der Waals surface area contributed by atoms with Crippen molar-refractivity contribution in [3.05, 3.63) is 29.8 Å². The zero-order chi connectivity index (χ0) is 12.1. The molecule has 0 saturated carbocycles. The molecule has 94 valence electrons. The summed E-state index contributed by atoms with van der Waals surface area (Å²) in [4.78, 5) is 2.23. The number of para-hydroxylation sites is 1. The molecule has 0 radical (unpaired) electrons. The summed E-state index contributed by atoms with van der Waals surface area (Å²) >= 11 is 0. The molecule has 1 atom stereocenters. The minimum absolute atomic E-state index is 0.853. The monoisotopic (exact) mass is 232 g/mol. The molecule has 0 spiro atoms. The van der Waals surface area contributed by atoms with Crippen LogP contribution in [0, 0.1) is 5.92 Å². The lowest BCUT2D eigenvalue weighted by atomic mass is 9.92. The molecule has 2 heteroatoms. The van der Waals surface area contributed by atoms with Crippen LogP contribution in [0.2, 0.25) is 0 Å². The lowest BCUT2D eigenvalue weighted by Gasteiger charge is -2.20. The Morgan fingerprint density at radius 1 is 1.18 bits per heavy atom. The molecule has 1 aliphatic heterocycles. The number of rotatable bonds is 3. The van der Waals surface area contributed by atoms with Gasteiger partial charge in [0.2, 0.25) is 0 Å². The second-order valence-corrected chi connectivity index (χ2v) is 5.27. The summed E-state index contributed by atoms with van der Waals surface area (Å²) in [6.07, 6.45) is 5.25. The largest absolute Gasteiger partial charge is 0.377 e. The topological polar surface area (TPSA) is 15.3 Å². The lowest BCUT2D eigenvalue weighted by Crippen LogP contribution is -2.15. The minimum atomic E-state index is 0.853. The molecule has 2 nitrogen and oxygen atoms in total. The van der Waals surface area contributed by atoms with Crippen molar-refractivity contribution in [2.75, 3.05) is 32.1 Å². The fourth-order valence-electron chi connectivity index (χ4n) is 2.73. The normalized spacial score (nSPS) is 20.9. The van der Waals surface area contributed by atoms with Crippen LogP contribution >= 0.6 is 0 Å². The molecule has 1 aromatic rings. The van der Waals surface area contributed by atoms with Crippen molar-refractivity contribution in [1.82, 2.24) is 5.32 Å². The molecular formula is C15H24N2. The molecule has 2 rings (SSSR count). The predicted octanol–water partition coefficient (Wildman–Crippen LogP) is 2.68. The van der Waals surface area contributed by atoms with Crippen molar-refractivity contribution in [3.8, 4) is 0 Å². The van der Waals surface area contributed by atoms with Crippen molar-refractivity contribution in [2.24, 2.45) is 5.92 Å². The summed E-state index contributed by atoms with van der Waals surface area (Å²) < 4.78 is 0. The van der Waals surface area contributed by atoms with Crippen LogP contribution in [0.4, 0.5) is 5.69 Å². The molecular weight excluding hydrogens is 208 g/mol. The summed E-state index contributed by atoms with van der Waals surface area (Å²) in [5, 5.41) is 3.49. The van der Waals surface area contributed by atoms with Crippen molar-refractivity contribution >= 4 is 5.69 Å². The quantitative estimate of drug-likeness (QED) is 0.862. The van der Waals surface area contributed by atoms with Gasteiger partial charge in [0.05, 0.1) is 0 Å². The van der Waals surface area contributed by atoms with Crippen LogP contribution < -0.4 is 10.2 Å². The maximum atomic E-state index is 3.49. The van der Waals surface area contributed by atoms with Gasteiger partial charge in [-0.25, -0.2) is 0 Å². The molecule has 0 bridgehead atoms. The van der Waals surface area contributed by atoms with Gasteiger partial charge in [0.15, 0.2) is 0 Å². The van der Waals surface area contributed by atoms with E-state index in [0.29, 0.717) is 0 Å². The molecule has 17 heavy (non-hydrogen) atoms. The van der Waals surface area contributed by atoms with Gasteiger partial charge < -0.3 is 10.2 Å². The van der Waals surface area contributed by atoms with Gasteiger partial charge in [0, 0.05) is 19.8 Å². The van der Waals surface area contributed by atoms with E-state index in [-0.39, 0.29) is 0 Å². The molecule has 1 N–H and O–H groups in total. The summed E-state index contributed by atoms with van der Waals surface area (Å²) in [5.74, 6) is 0.853. The molecule has 0 aromatic heterocycles. The van der Waals surface area contributed by atoms with E-state index in [2.05, 4.69) is 48.6 Å². The Bertz CT molecular complexity index is 339. The van der Waals surface area contributed by atoms with Crippen LogP contribution in [-0.2, 0) is 6.42 Å². The first-order valence-corrected chi connectivity index (χ1v) is 6.73. The Balaban J connectivity index is 2.06. The smallest absolute Gasteiger partial charge is 0.0393 e. The van der Waals surface area contributed by atoms with E-state index in [0.717, 1.165) is 5.92 Å². The number of hydrogen-bond acceptors (Lipinski definition) is 2. The first-order chi connectivity index (χ1) is 8.27. The van der Waals surface area contributed by atoms with E-state index < -0.39 is 0 Å². The first-order valence-electron chi connectivity index (χ1n) is 6.73. The van der Waals surface area contributed by atoms with Crippen LogP contribution in [0.3, 0.4) is 0 Å². The van der Waals surface area contributed by atoms with E-state index in [1.807, 2.05) is 0 Å². The van der Waals surface area contributed by atoms with Crippen LogP contribution in [-0.4, -0.2) is 27.2 Å². The Labute approximate surface area is 105 Å². The minimum Gasteiger partial charge on any atom is -0.377 e. The van der Waals surface area contributed by atoms with Gasteiger partial charge in [0.25, 0.3) is 0 Å². The molecule has 1 unspecified atom stereocenters. The fourth-order valence-corrected chi connectivity index (χ4v) is 2.73.